The Hall–Kier alpha value is -0.550. The normalized spacial score (nSPS) is 24.3. The van der Waals surface area contributed by atoms with Crippen molar-refractivity contribution in [2.24, 2.45) is 0 Å². The highest BCUT2D eigenvalue weighted by Gasteiger charge is 2.15. The van der Waals surface area contributed by atoms with Crippen LogP contribution in [0, 0.1) is 0 Å². The first-order valence-corrected chi connectivity index (χ1v) is 4.56. The standard InChI is InChI=1S/C8H10NP/c1-6-7-4-2-3-5-8(7)9-10-6/h2-6,9-10H,1H3. The van der Waals surface area contributed by atoms with Crippen molar-refractivity contribution in [3.63, 3.8) is 0 Å². The van der Waals surface area contributed by atoms with Gasteiger partial charge in [0.15, 0.2) is 0 Å². The summed E-state index contributed by atoms with van der Waals surface area (Å²) in [5, 5.41) is 3.38. The number of anilines is 1. The van der Waals surface area contributed by atoms with Gasteiger partial charge in [-0.05, 0) is 20.4 Å². The van der Waals surface area contributed by atoms with Gasteiger partial charge >= 0.3 is 0 Å². The molecule has 2 rings (SSSR count). The topological polar surface area (TPSA) is 12.0 Å². The van der Waals surface area contributed by atoms with E-state index in [4.69, 9.17) is 0 Å². The van der Waals surface area contributed by atoms with Crippen molar-refractivity contribution in [3.8, 4) is 0 Å². The van der Waals surface area contributed by atoms with Crippen LogP contribution in [0.1, 0.15) is 18.1 Å². The fourth-order valence-corrected chi connectivity index (χ4v) is 2.26. The second kappa shape index (κ2) is 2.25. The van der Waals surface area contributed by atoms with Crippen molar-refractivity contribution >= 4 is 14.4 Å². The predicted molar refractivity (Wildman–Crippen MR) is 46.8 cm³/mol. The van der Waals surface area contributed by atoms with E-state index >= 15 is 0 Å². The fraction of sp³-hybridized carbons (Fsp3) is 0.250. The SMILES string of the molecule is CC1PNc2ccccc21. The number of hydrogen-bond donors (Lipinski definition) is 1. The van der Waals surface area contributed by atoms with Gasteiger partial charge in [0, 0.05) is 11.3 Å². The number of para-hydroxylation sites is 1. The molecule has 2 unspecified atom stereocenters. The molecule has 0 bridgehead atoms. The summed E-state index contributed by atoms with van der Waals surface area (Å²) in [7, 11) is 0.870. The van der Waals surface area contributed by atoms with Crippen LogP contribution in [-0.4, -0.2) is 0 Å². The van der Waals surface area contributed by atoms with Crippen molar-refractivity contribution in [1.29, 1.82) is 0 Å². The molecule has 1 heterocycles. The fourth-order valence-electron chi connectivity index (χ4n) is 1.25. The molecule has 52 valence electrons. The van der Waals surface area contributed by atoms with E-state index in [2.05, 4.69) is 36.3 Å². The average molecular weight is 151 g/mol. The average Bonchev–Trinajstić information content (AvgIpc) is 2.34. The quantitative estimate of drug-likeness (QED) is 0.562. The molecule has 1 N–H and O–H groups in total. The molecule has 2 heteroatoms. The maximum Gasteiger partial charge on any atom is 0.0410 e. The smallest absolute Gasteiger partial charge is 0.0410 e. The third-order valence-electron chi connectivity index (χ3n) is 1.85. The second-order valence-corrected chi connectivity index (χ2v) is 3.98. The number of nitrogens with one attached hydrogen (secondary N) is 1. The van der Waals surface area contributed by atoms with Crippen LogP contribution in [0.2, 0.25) is 0 Å². The van der Waals surface area contributed by atoms with Crippen LogP contribution >= 0.6 is 8.73 Å². The molecule has 0 fully saturated rings. The van der Waals surface area contributed by atoms with Crippen molar-refractivity contribution in [3.05, 3.63) is 29.8 Å². The molecule has 0 radical (unpaired) electrons. The minimum Gasteiger partial charge on any atom is -0.366 e. The van der Waals surface area contributed by atoms with E-state index in [0.29, 0.717) is 0 Å². The largest absolute Gasteiger partial charge is 0.366 e. The minimum absolute atomic E-state index is 0.719. The molecule has 0 saturated carbocycles. The molecule has 2 atom stereocenters. The Kier molecular flexibility index (Phi) is 1.39. The van der Waals surface area contributed by atoms with Crippen LogP contribution in [0.15, 0.2) is 24.3 Å². The van der Waals surface area contributed by atoms with Gasteiger partial charge in [0.2, 0.25) is 0 Å². The van der Waals surface area contributed by atoms with Gasteiger partial charge in [0.1, 0.15) is 0 Å². The van der Waals surface area contributed by atoms with Crippen LogP contribution in [-0.2, 0) is 0 Å². The van der Waals surface area contributed by atoms with Gasteiger partial charge in [-0.3, -0.25) is 0 Å². The molecule has 1 aromatic rings. The summed E-state index contributed by atoms with van der Waals surface area (Å²) in [5.41, 5.74) is 3.52. The van der Waals surface area contributed by atoms with Crippen LogP contribution < -0.4 is 5.09 Å². The number of fused-ring (bicyclic) bond motifs is 1. The minimum atomic E-state index is 0.719. The van der Waals surface area contributed by atoms with E-state index in [1.54, 1.807) is 0 Å². The lowest BCUT2D eigenvalue weighted by atomic mass is 10.1. The maximum atomic E-state index is 3.38. The Labute approximate surface area is 62.7 Å². The van der Waals surface area contributed by atoms with Gasteiger partial charge < -0.3 is 5.09 Å². The first-order chi connectivity index (χ1) is 4.88. The highest BCUT2D eigenvalue weighted by molar-refractivity contribution is 7.41. The highest BCUT2D eigenvalue weighted by Crippen LogP contribution is 2.45. The maximum absolute atomic E-state index is 3.38. The van der Waals surface area contributed by atoms with Crippen LogP contribution in [0.25, 0.3) is 0 Å². The summed E-state index contributed by atoms with van der Waals surface area (Å²) < 4.78 is 0. The van der Waals surface area contributed by atoms with E-state index < -0.39 is 0 Å². The summed E-state index contributed by atoms with van der Waals surface area (Å²) in [6.45, 7) is 2.26. The lowest BCUT2D eigenvalue weighted by Crippen LogP contribution is -1.78. The van der Waals surface area contributed by atoms with Crippen LogP contribution in [0.3, 0.4) is 0 Å². The Morgan fingerprint density at radius 3 is 3.00 bits per heavy atom. The van der Waals surface area contributed by atoms with E-state index in [1.165, 1.54) is 11.3 Å². The molecule has 0 spiro atoms. The highest BCUT2D eigenvalue weighted by atomic mass is 31.1. The number of hydrogen-bond acceptors (Lipinski definition) is 1. The van der Waals surface area contributed by atoms with Crippen molar-refractivity contribution < 1.29 is 0 Å². The van der Waals surface area contributed by atoms with Crippen molar-refractivity contribution in [2.75, 3.05) is 5.09 Å². The van der Waals surface area contributed by atoms with Crippen molar-refractivity contribution in [1.82, 2.24) is 0 Å². The van der Waals surface area contributed by atoms with Gasteiger partial charge in [-0.1, -0.05) is 25.1 Å². The number of rotatable bonds is 0. The van der Waals surface area contributed by atoms with Crippen LogP contribution in [0.4, 0.5) is 5.69 Å². The van der Waals surface area contributed by atoms with Gasteiger partial charge in [-0.2, -0.15) is 0 Å². The van der Waals surface area contributed by atoms with Gasteiger partial charge in [-0.25, -0.2) is 0 Å². The first kappa shape index (κ1) is 6.18. The zero-order chi connectivity index (χ0) is 6.97. The Morgan fingerprint density at radius 1 is 1.40 bits per heavy atom. The van der Waals surface area contributed by atoms with Gasteiger partial charge in [0.05, 0.1) is 0 Å². The third kappa shape index (κ3) is 0.819. The lowest BCUT2D eigenvalue weighted by molar-refractivity contribution is 1.12. The molecule has 1 aliphatic rings. The monoisotopic (exact) mass is 151 g/mol. The van der Waals surface area contributed by atoms with Crippen LogP contribution in [0.5, 0.6) is 0 Å². The molecular weight excluding hydrogens is 141 g/mol. The molecule has 1 nitrogen and oxygen atoms in total. The molecule has 0 aliphatic carbocycles. The lowest BCUT2D eigenvalue weighted by Gasteiger charge is -1.98. The predicted octanol–water partition coefficient (Wildman–Crippen LogP) is 2.77. The van der Waals surface area contributed by atoms with Gasteiger partial charge in [0.25, 0.3) is 0 Å². The van der Waals surface area contributed by atoms with Gasteiger partial charge in [-0.15, -0.1) is 0 Å². The summed E-state index contributed by atoms with van der Waals surface area (Å²) >= 11 is 0. The molecule has 10 heavy (non-hydrogen) atoms. The Bertz CT molecular complexity index is 247. The molecular formula is C8H10NP. The summed E-state index contributed by atoms with van der Waals surface area (Å²) in [5.74, 6) is 0. The Morgan fingerprint density at radius 2 is 2.20 bits per heavy atom. The first-order valence-electron chi connectivity index (χ1n) is 3.48. The van der Waals surface area contributed by atoms with E-state index in [0.717, 1.165) is 14.4 Å². The molecule has 1 aromatic carbocycles. The molecule has 0 saturated heterocycles. The van der Waals surface area contributed by atoms with E-state index in [9.17, 15) is 0 Å². The van der Waals surface area contributed by atoms with E-state index in [-0.39, 0.29) is 0 Å². The molecule has 0 amide bonds. The summed E-state index contributed by atoms with van der Waals surface area (Å²) in [6, 6.07) is 8.53. The molecule has 0 aromatic heterocycles. The number of benzene rings is 1. The second-order valence-electron chi connectivity index (χ2n) is 2.58. The zero-order valence-corrected chi connectivity index (χ0v) is 6.89. The summed E-state index contributed by atoms with van der Waals surface area (Å²) in [4.78, 5) is 0. The summed E-state index contributed by atoms with van der Waals surface area (Å²) in [6.07, 6.45) is 0. The van der Waals surface area contributed by atoms with E-state index in [1.807, 2.05) is 0 Å². The molecule has 1 aliphatic heterocycles. The Balaban J connectivity index is 2.51. The third-order valence-corrected chi connectivity index (χ3v) is 3.01. The van der Waals surface area contributed by atoms with Crippen molar-refractivity contribution in [2.45, 2.75) is 12.6 Å². The zero-order valence-electron chi connectivity index (χ0n) is 5.89.